The molecular weight excluding hydrogens is 869 g/mol. The molecule has 4 aliphatic rings. The van der Waals surface area contributed by atoms with E-state index in [1.165, 1.54) is 0 Å². The summed E-state index contributed by atoms with van der Waals surface area (Å²) in [5, 5.41) is 21.3. The molecule has 0 amide bonds. The number of aliphatic hydroxyl groups excluding tert-OH is 2. The fourth-order valence-corrected chi connectivity index (χ4v) is 9.41. The van der Waals surface area contributed by atoms with Gasteiger partial charge >= 0.3 is 0 Å². The average molecular weight is 931 g/mol. The third-order valence-electron chi connectivity index (χ3n) is 12.6. The van der Waals surface area contributed by atoms with Crippen molar-refractivity contribution < 1.29 is 38.6 Å². The highest BCUT2D eigenvalue weighted by Gasteiger charge is 2.29. The van der Waals surface area contributed by atoms with Gasteiger partial charge in [-0.25, -0.2) is 9.97 Å². The molecule has 2 aromatic carbocycles. The number of fused-ring (bicyclic) bond motifs is 2. The van der Waals surface area contributed by atoms with E-state index in [9.17, 15) is 10.2 Å². The maximum atomic E-state index is 9.74. The second-order valence-corrected chi connectivity index (χ2v) is 17.7. The van der Waals surface area contributed by atoms with Crippen LogP contribution in [0.4, 0.5) is 23.5 Å². The molecule has 4 atom stereocenters. The van der Waals surface area contributed by atoms with Crippen molar-refractivity contribution in [2.45, 2.75) is 65.3 Å². The largest absolute Gasteiger partial charge is 0.496 e. The summed E-state index contributed by atoms with van der Waals surface area (Å²) >= 11 is 0. The minimum Gasteiger partial charge on any atom is -0.496 e. The Labute approximate surface area is 396 Å². The summed E-state index contributed by atoms with van der Waals surface area (Å²) in [5.74, 6) is 4.43. The summed E-state index contributed by atoms with van der Waals surface area (Å²) in [4.78, 5) is 38.6. The first-order valence-corrected chi connectivity index (χ1v) is 23.5. The van der Waals surface area contributed by atoms with E-state index < -0.39 is 0 Å². The van der Waals surface area contributed by atoms with Crippen LogP contribution in [0.3, 0.4) is 0 Å². The first-order valence-electron chi connectivity index (χ1n) is 23.5. The van der Waals surface area contributed by atoms with Crippen molar-refractivity contribution in [3.63, 3.8) is 0 Å². The fourth-order valence-electron chi connectivity index (χ4n) is 9.41. The molecule has 360 valence electrons. The Bertz CT molecular complexity index is 2500. The molecule has 0 aliphatic carbocycles. The molecule has 4 saturated heterocycles. The van der Waals surface area contributed by atoms with E-state index in [4.69, 9.17) is 58.3 Å². The molecule has 0 radical (unpaired) electrons. The van der Waals surface area contributed by atoms with Crippen LogP contribution in [0.5, 0.6) is 11.5 Å². The molecule has 0 unspecified atom stereocenters. The van der Waals surface area contributed by atoms with Crippen LogP contribution in [0.1, 0.15) is 38.8 Å². The molecule has 6 aromatic rings. The van der Waals surface area contributed by atoms with E-state index in [2.05, 4.69) is 47.3 Å². The van der Waals surface area contributed by atoms with Gasteiger partial charge < -0.3 is 58.2 Å². The molecular formula is C50H62N10O8. The SMILES string of the molecule is COc1ccc(-c2ccc3c(N4CCOCC4)nc(N4C[C@@H](C)O[C@@H](C)C4)nc3n2)cc1CO.COc1ccc(-c2ccc3c(N4CCOCC4)nc(N4C[C@@H](C)O[C@@H](C)C4)nc3n2)cc1CO. The zero-order chi connectivity index (χ0) is 47.3. The van der Waals surface area contributed by atoms with Crippen LogP contribution >= 0.6 is 0 Å². The zero-order valence-electron chi connectivity index (χ0n) is 39.8. The lowest BCUT2D eigenvalue weighted by atomic mass is 10.1. The number of hydrogen-bond acceptors (Lipinski definition) is 18. The van der Waals surface area contributed by atoms with Crippen LogP contribution in [-0.4, -0.2) is 158 Å². The van der Waals surface area contributed by atoms with E-state index in [0.717, 1.165) is 108 Å². The van der Waals surface area contributed by atoms with Crippen LogP contribution in [0.15, 0.2) is 60.7 Å². The van der Waals surface area contributed by atoms with E-state index >= 15 is 0 Å². The van der Waals surface area contributed by atoms with Gasteiger partial charge in [-0.05, 0) is 88.4 Å². The lowest BCUT2D eigenvalue weighted by molar-refractivity contribution is -0.00595. The lowest BCUT2D eigenvalue weighted by Crippen LogP contribution is -2.46. The molecule has 0 spiro atoms. The summed E-state index contributed by atoms with van der Waals surface area (Å²) < 4.78 is 33.7. The fraction of sp³-hybridized carbons (Fsp3) is 0.480. The lowest BCUT2D eigenvalue weighted by Gasteiger charge is -2.36. The van der Waals surface area contributed by atoms with E-state index in [-0.39, 0.29) is 37.6 Å². The van der Waals surface area contributed by atoms with E-state index in [0.29, 0.717) is 61.1 Å². The van der Waals surface area contributed by atoms with Gasteiger partial charge in [-0.2, -0.15) is 19.9 Å². The van der Waals surface area contributed by atoms with Crippen LogP contribution in [0.25, 0.3) is 44.6 Å². The Hall–Kier alpha value is -6.02. The number of morpholine rings is 4. The standard InChI is InChI=1S/2C25H31N5O4/c2*1-16-13-30(14-17(2)34-16)25-27-23-20(24(28-25)29-8-10-33-11-9-29)5-6-21(26-23)18-4-7-22(32-3)19(12-18)15-31/h2*4-7,12,16-17,31H,8-11,13-15H2,1-3H3/t2*16-,17+. The van der Waals surface area contributed by atoms with Gasteiger partial charge in [0.25, 0.3) is 0 Å². The highest BCUT2D eigenvalue weighted by Crippen LogP contribution is 2.34. The minimum atomic E-state index is -0.106. The highest BCUT2D eigenvalue weighted by atomic mass is 16.5. The van der Waals surface area contributed by atoms with Gasteiger partial charge in [0, 0.05) is 74.6 Å². The molecule has 68 heavy (non-hydrogen) atoms. The maximum Gasteiger partial charge on any atom is 0.229 e. The highest BCUT2D eigenvalue weighted by molar-refractivity contribution is 5.91. The van der Waals surface area contributed by atoms with Gasteiger partial charge in [-0.15, -0.1) is 0 Å². The summed E-state index contributed by atoms with van der Waals surface area (Å²) in [6.07, 6.45) is 0.409. The number of ether oxygens (including phenoxy) is 6. The topological polar surface area (TPSA) is 186 Å². The second-order valence-electron chi connectivity index (χ2n) is 17.7. The summed E-state index contributed by atoms with van der Waals surface area (Å²) in [5.41, 5.74) is 6.10. The predicted octanol–water partition coefficient (Wildman–Crippen LogP) is 5.29. The number of methoxy groups -OCH3 is 2. The third kappa shape index (κ3) is 10.4. The van der Waals surface area contributed by atoms with Crippen molar-refractivity contribution in [1.29, 1.82) is 0 Å². The maximum absolute atomic E-state index is 9.74. The van der Waals surface area contributed by atoms with Crippen molar-refractivity contribution in [1.82, 2.24) is 29.9 Å². The smallest absolute Gasteiger partial charge is 0.229 e. The van der Waals surface area contributed by atoms with Gasteiger partial charge in [-0.3, -0.25) is 0 Å². The Kier molecular flexibility index (Phi) is 14.6. The first-order chi connectivity index (χ1) is 33.1. The average Bonchev–Trinajstić information content (AvgIpc) is 3.37. The van der Waals surface area contributed by atoms with Crippen LogP contribution < -0.4 is 29.1 Å². The second kappa shape index (κ2) is 21.1. The molecule has 4 aromatic heterocycles. The number of pyridine rings is 2. The van der Waals surface area contributed by atoms with Gasteiger partial charge in [0.05, 0.1) is 100 Å². The molecule has 10 rings (SSSR count). The van der Waals surface area contributed by atoms with Gasteiger partial charge in [-0.1, -0.05) is 0 Å². The number of benzene rings is 2. The monoisotopic (exact) mass is 930 g/mol. The number of rotatable bonds is 10. The van der Waals surface area contributed by atoms with Gasteiger partial charge in [0.2, 0.25) is 11.9 Å². The molecule has 2 N–H and O–H groups in total. The Balaban J connectivity index is 0.000000170. The van der Waals surface area contributed by atoms with Crippen molar-refractivity contribution in [3.8, 4) is 34.0 Å². The summed E-state index contributed by atoms with van der Waals surface area (Å²) in [7, 11) is 3.20. The molecule has 4 fully saturated rings. The number of hydrogen-bond donors (Lipinski definition) is 2. The summed E-state index contributed by atoms with van der Waals surface area (Å²) in [6, 6.07) is 19.5. The number of aliphatic hydroxyl groups is 2. The number of aromatic nitrogens is 6. The predicted molar refractivity (Wildman–Crippen MR) is 261 cm³/mol. The molecule has 18 heteroatoms. The first kappa shape index (κ1) is 47.1. The quantitative estimate of drug-likeness (QED) is 0.180. The van der Waals surface area contributed by atoms with Gasteiger partial charge in [0.1, 0.15) is 23.1 Å². The molecule has 18 nitrogen and oxygen atoms in total. The normalized spacial score (nSPS) is 21.2. The van der Waals surface area contributed by atoms with Crippen molar-refractivity contribution in [2.75, 3.05) is 113 Å². The van der Waals surface area contributed by atoms with E-state index in [1.54, 1.807) is 14.2 Å². The Morgan fingerprint density at radius 2 is 0.882 bits per heavy atom. The third-order valence-corrected chi connectivity index (χ3v) is 12.6. The summed E-state index contributed by atoms with van der Waals surface area (Å²) in [6.45, 7) is 16.8. The van der Waals surface area contributed by atoms with Crippen molar-refractivity contribution >= 4 is 45.6 Å². The molecule has 0 saturated carbocycles. The van der Waals surface area contributed by atoms with Crippen molar-refractivity contribution in [2.24, 2.45) is 0 Å². The number of anilines is 4. The van der Waals surface area contributed by atoms with Crippen LogP contribution in [0.2, 0.25) is 0 Å². The van der Waals surface area contributed by atoms with Crippen molar-refractivity contribution in [3.05, 3.63) is 71.8 Å². The Morgan fingerprint density at radius 3 is 1.24 bits per heavy atom. The van der Waals surface area contributed by atoms with Crippen LogP contribution in [0, 0.1) is 0 Å². The zero-order valence-corrected chi connectivity index (χ0v) is 39.8. The molecule has 8 heterocycles. The Morgan fingerprint density at radius 1 is 0.500 bits per heavy atom. The number of nitrogens with zero attached hydrogens (tertiary/aromatic N) is 10. The molecule has 0 bridgehead atoms. The van der Waals surface area contributed by atoms with E-state index in [1.807, 2.05) is 60.7 Å². The van der Waals surface area contributed by atoms with Crippen LogP contribution in [-0.2, 0) is 32.2 Å². The minimum absolute atomic E-state index is 0.102. The van der Waals surface area contributed by atoms with Gasteiger partial charge in [0.15, 0.2) is 11.3 Å². The molecule has 4 aliphatic heterocycles.